The van der Waals surface area contributed by atoms with Crippen LogP contribution in [0, 0.1) is 0 Å². The molecule has 1 aliphatic rings. The highest BCUT2D eigenvalue weighted by atomic mass is 16.2. The first-order valence-corrected chi connectivity index (χ1v) is 6.56. The van der Waals surface area contributed by atoms with Crippen LogP contribution in [0.2, 0.25) is 0 Å². The van der Waals surface area contributed by atoms with Gasteiger partial charge in [-0.15, -0.1) is 0 Å². The van der Waals surface area contributed by atoms with Crippen molar-refractivity contribution in [3.63, 3.8) is 0 Å². The minimum atomic E-state index is -0.204. The first-order valence-electron chi connectivity index (χ1n) is 6.56. The van der Waals surface area contributed by atoms with Crippen LogP contribution in [0.1, 0.15) is 25.1 Å². The van der Waals surface area contributed by atoms with E-state index in [2.05, 4.69) is 14.6 Å². The number of amides is 1. The second-order valence-electron chi connectivity index (χ2n) is 4.75. The molecule has 0 fully saturated rings. The fourth-order valence-electron chi connectivity index (χ4n) is 2.52. The average Bonchev–Trinajstić information content (AvgIpc) is 3.09. The van der Waals surface area contributed by atoms with Crippen molar-refractivity contribution < 1.29 is 4.79 Å². The van der Waals surface area contributed by atoms with Crippen molar-refractivity contribution >= 4 is 5.91 Å². The summed E-state index contributed by atoms with van der Waals surface area (Å²) in [4.78, 5) is 18.6. The van der Waals surface area contributed by atoms with Gasteiger partial charge in [-0.1, -0.05) is 6.92 Å². The quantitative estimate of drug-likeness (QED) is 0.828. The van der Waals surface area contributed by atoms with Crippen molar-refractivity contribution in [2.75, 3.05) is 6.54 Å². The molecule has 0 saturated carbocycles. The molecule has 0 N–H and O–H groups in total. The number of hydrogen-bond donors (Lipinski definition) is 0. The minimum absolute atomic E-state index is 0.138. The van der Waals surface area contributed by atoms with E-state index in [-0.39, 0.29) is 11.9 Å². The van der Waals surface area contributed by atoms with E-state index in [1.165, 1.54) is 0 Å². The van der Waals surface area contributed by atoms with Gasteiger partial charge < -0.3 is 9.47 Å². The average molecular weight is 259 g/mol. The second kappa shape index (κ2) is 4.87. The molecule has 2 aromatic rings. The van der Waals surface area contributed by atoms with Crippen LogP contribution >= 0.6 is 0 Å². The molecule has 1 aliphatic heterocycles. The smallest absolute Gasteiger partial charge is 0.247 e. The summed E-state index contributed by atoms with van der Waals surface area (Å²) in [6.45, 7) is 4.20. The number of carbonyl (C=O) groups is 1. The molecule has 0 saturated heterocycles. The first kappa shape index (κ1) is 12.0. The molecule has 0 unspecified atom stereocenters. The third-order valence-electron chi connectivity index (χ3n) is 3.59. The molecule has 3 rings (SSSR count). The lowest BCUT2D eigenvalue weighted by atomic mass is 10.1. The van der Waals surface area contributed by atoms with Crippen LogP contribution in [0.15, 0.2) is 31.0 Å². The second-order valence-corrected chi connectivity index (χ2v) is 4.75. The molecular formula is C13H17N5O. The van der Waals surface area contributed by atoms with Crippen LogP contribution in [-0.4, -0.2) is 36.7 Å². The van der Waals surface area contributed by atoms with E-state index in [1.54, 1.807) is 10.9 Å². The third kappa shape index (κ3) is 2.14. The van der Waals surface area contributed by atoms with Crippen molar-refractivity contribution in [1.29, 1.82) is 0 Å². The number of hydrogen-bond acceptors (Lipinski definition) is 3. The molecule has 0 aliphatic carbocycles. The van der Waals surface area contributed by atoms with Gasteiger partial charge in [-0.05, 0) is 12.5 Å². The molecule has 1 amide bonds. The maximum Gasteiger partial charge on any atom is 0.247 e. The normalized spacial score (nSPS) is 16.2. The number of aromatic nitrogens is 4. The zero-order valence-electron chi connectivity index (χ0n) is 10.9. The molecule has 19 heavy (non-hydrogen) atoms. The van der Waals surface area contributed by atoms with Crippen molar-refractivity contribution in [3.05, 3.63) is 36.7 Å². The van der Waals surface area contributed by atoms with Gasteiger partial charge >= 0.3 is 0 Å². The molecule has 6 nitrogen and oxygen atoms in total. The van der Waals surface area contributed by atoms with Crippen LogP contribution in [-0.2, 0) is 17.9 Å². The molecule has 0 bridgehead atoms. The molecule has 0 aromatic carbocycles. The fourth-order valence-corrected chi connectivity index (χ4v) is 2.52. The van der Waals surface area contributed by atoms with Crippen molar-refractivity contribution in [2.24, 2.45) is 0 Å². The van der Waals surface area contributed by atoms with E-state index >= 15 is 0 Å². The van der Waals surface area contributed by atoms with Crippen LogP contribution in [0.4, 0.5) is 0 Å². The summed E-state index contributed by atoms with van der Waals surface area (Å²) in [5, 5.41) is 4.19. The summed E-state index contributed by atoms with van der Waals surface area (Å²) >= 11 is 0. The van der Waals surface area contributed by atoms with E-state index < -0.39 is 0 Å². The number of rotatable bonds is 3. The summed E-state index contributed by atoms with van der Waals surface area (Å²) < 4.78 is 3.84. The van der Waals surface area contributed by atoms with Gasteiger partial charge in [-0.25, -0.2) is 4.98 Å². The standard InChI is InChI=1S/C13H17N5O/c1-2-12(18-5-3-4-15-18)13(19)16-6-7-17-10-14-8-11(17)9-16/h3-5,8,10,12H,2,6-7,9H2,1H3/t12-/m1/s1. The summed E-state index contributed by atoms with van der Waals surface area (Å²) in [5.74, 6) is 0.138. The Kier molecular flexibility index (Phi) is 3.06. The zero-order valence-corrected chi connectivity index (χ0v) is 10.9. The van der Waals surface area contributed by atoms with Crippen LogP contribution in [0.5, 0.6) is 0 Å². The van der Waals surface area contributed by atoms with E-state index in [0.717, 1.165) is 25.2 Å². The van der Waals surface area contributed by atoms with Gasteiger partial charge in [-0.3, -0.25) is 9.48 Å². The van der Waals surface area contributed by atoms with Gasteiger partial charge in [0.1, 0.15) is 6.04 Å². The van der Waals surface area contributed by atoms with Crippen LogP contribution in [0.25, 0.3) is 0 Å². The van der Waals surface area contributed by atoms with Gasteiger partial charge in [0.2, 0.25) is 5.91 Å². The van der Waals surface area contributed by atoms with E-state index in [9.17, 15) is 4.79 Å². The highest BCUT2D eigenvalue weighted by Gasteiger charge is 2.27. The highest BCUT2D eigenvalue weighted by molar-refractivity contribution is 5.80. The Bertz CT molecular complexity index is 559. The summed E-state index contributed by atoms with van der Waals surface area (Å²) in [6.07, 6.45) is 7.95. The molecule has 3 heterocycles. The SMILES string of the molecule is CC[C@H](C(=O)N1CCn2cncc2C1)n1cccn1. The minimum Gasteiger partial charge on any atom is -0.333 e. The largest absolute Gasteiger partial charge is 0.333 e. The highest BCUT2D eigenvalue weighted by Crippen LogP contribution is 2.18. The maximum atomic E-state index is 12.6. The lowest BCUT2D eigenvalue weighted by Crippen LogP contribution is -2.42. The lowest BCUT2D eigenvalue weighted by molar-refractivity contribution is -0.136. The van der Waals surface area contributed by atoms with E-state index in [1.807, 2.05) is 36.6 Å². The lowest BCUT2D eigenvalue weighted by Gasteiger charge is -2.31. The summed E-state index contributed by atoms with van der Waals surface area (Å²) in [5.41, 5.74) is 1.09. The first-order chi connectivity index (χ1) is 9.29. The monoisotopic (exact) mass is 259 g/mol. The predicted molar refractivity (Wildman–Crippen MR) is 69.2 cm³/mol. The number of imidazole rings is 1. The molecule has 1 atom stereocenters. The summed E-state index contributed by atoms with van der Waals surface area (Å²) in [7, 11) is 0. The Hall–Kier alpha value is -2.11. The molecule has 0 spiro atoms. The Morgan fingerprint density at radius 2 is 2.37 bits per heavy atom. The summed E-state index contributed by atoms with van der Waals surface area (Å²) in [6, 6.07) is 1.64. The van der Waals surface area contributed by atoms with Gasteiger partial charge in [-0.2, -0.15) is 5.10 Å². The Morgan fingerprint density at radius 1 is 1.47 bits per heavy atom. The molecule has 6 heteroatoms. The number of fused-ring (bicyclic) bond motifs is 1. The topological polar surface area (TPSA) is 56.0 Å². The van der Waals surface area contributed by atoms with E-state index in [4.69, 9.17) is 0 Å². The zero-order chi connectivity index (χ0) is 13.2. The van der Waals surface area contributed by atoms with Gasteiger partial charge in [0, 0.05) is 31.7 Å². The molecule has 0 radical (unpaired) electrons. The van der Waals surface area contributed by atoms with Crippen LogP contribution in [0.3, 0.4) is 0 Å². The Labute approximate surface area is 111 Å². The van der Waals surface area contributed by atoms with Crippen molar-refractivity contribution in [1.82, 2.24) is 24.2 Å². The van der Waals surface area contributed by atoms with Gasteiger partial charge in [0.25, 0.3) is 0 Å². The Morgan fingerprint density at radius 3 is 3.11 bits per heavy atom. The van der Waals surface area contributed by atoms with Gasteiger partial charge in [0.15, 0.2) is 0 Å². The third-order valence-corrected chi connectivity index (χ3v) is 3.59. The van der Waals surface area contributed by atoms with Gasteiger partial charge in [0.05, 0.1) is 18.6 Å². The maximum absolute atomic E-state index is 12.6. The van der Waals surface area contributed by atoms with Crippen molar-refractivity contribution in [2.45, 2.75) is 32.5 Å². The number of carbonyl (C=O) groups excluding carboxylic acids is 1. The molecular weight excluding hydrogens is 242 g/mol. The van der Waals surface area contributed by atoms with Crippen molar-refractivity contribution in [3.8, 4) is 0 Å². The molecule has 2 aromatic heterocycles. The van der Waals surface area contributed by atoms with E-state index in [0.29, 0.717) is 6.54 Å². The molecule has 100 valence electrons. The number of nitrogens with zero attached hydrogens (tertiary/aromatic N) is 5. The Balaban J connectivity index is 1.77. The van der Waals surface area contributed by atoms with Crippen LogP contribution < -0.4 is 0 Å². The fraction of sp³-hybridized carbons (Fsp3) is 0.462. The predicted octanol–water partition coefficient (Wildman–Crippen LogP) is 1.07.